The highest BCUT2D eigenvalue weighted by molar-refractivity contribution is 5.79. The van der Waals surface area contributed by atoms with Gasteiger partial charge in [-0.1, -0.05) is 27.7 Å². The minimum atomic E-state index is -0.389. The Morgan fingerprint density at radius 1 is 0.972 bits per heavy atom. The van der Waals surface area contributed by atoms with E-state index >= 15 is 0 Å². The van der Waals surface area contributed by atoms with Gasteiger partial charge in [0.15, 0.2) is 0 Å². The summed E-state index contributed by atoms with van der Waals surface area (Å²) < 4.78 is 6.40. The number of rotatable bonds is 8. The van der Waals surface area contributed by atoms with Crippen molar-refractivity contribution in [3.8, 4) is 0 Å². The van der Waals surface area contributed by atoms with E-state index in [1.165, 1.54) is 6.42 Å². The van der Waals surface area contributed by atoms with Crippen LogP contribution in [0.25, 0.3) is 0 Å². The smallest absolute Gasteiger partial charge is 0.320 e. The Hall–Kier alpha value is -0.940. The maximum absolute atomic E-state index is 13.4. The molecule has 4 rings (SSSR count). The third-order valence-corrected chi connectivity index (χ3v) is 12.1. The van der Waals surface area contributed by atoms with Gasteiger partial charge < -0.3 is 9.84 Å². The summed E-state index contributed by atoms with van der Waals surface area (Å²) in [5, 5.41) is 10.8. The molecule has 0 heterocycles. The summed E-state index contributed by atoms with van der Waals surface area (Å²) in [7, 11) is 0. The minimum absolute atomic E-state index is 0.0922. The zero-order chi connectivity index (χ0) is 26.4. The van der Waals surface area contributed by atoms with Crippen LogP contribution in [-0.4, -0.2) is 52.6 Å². The molecule has 1 N–H and O–H groups in total. The molecule has 11 atom stereocenters. The van der Waals surface area contributed by atoms with Crippen LogP contribution >= 0.6 is 0 Å². The van der Waals surface area contributed by atoms with E-state index in [4.69, 9.17) is 4.74 Å². The molecule has 0 amide bonds. The molecule has 5 heteroatoms. The molecule has 36 heavy (non-hydrogen) atoms. The molecule has 0 aliphatic heterocycles. The fourth-order valence-electron chi connectivity index (χ4n) is 9.67. The molecule has 4 fully saturated rings. The molecular formula is C31H53NO4. The molecule has 0 aromatic heterocycles. The maximum Gasteiger partial charge on any atom is 0.320 e. The quantitative estimate of drug-likeness (QED) is 0.411. The molecule has 0 aromatic carbocycles. The molecular weight excluding hydrogens is 450 g/mol. The van der Waals surface area contributed by atoms with Crippen molar-refractivity contribution in [2.75, 3.05) is 6.54 Å². The van der Waals surface area contributed by atoms with Crippen LogP contribution in [0, 0.1) is 40.4 Å². The SMILES string of the molecule is CCC(C)N(CC(=O)OC1C[C@@H](O)C[C@@H]2CC[C@H]3[C@@H]4CC[C@H](C(C)=O)[C@@]4(C)CC[C@@H]3[C@@]12C)C(C)CC. The number of hydrogen-bond donors (Lipinski definition) is 1. The van der Waals surface area contributed by atoms with Gasteiger partial charge in [-0.2, -0.15) is 0 Å². The Kier molecular flexibility index (Phi) is 8.32. The highest BCUT2D eigenvalue weighted by Gasteiger charge is 2.63. The van der Waals surface area contributed by atoms with Crippen molar-refractivity contribution in [3.05, 3.63) is 0 Å². The van der Waals surface area contributed by atoms with Crippen molar-refractivity contribution >= 4 is 11.8 Å². The van der Waals surface area contributed by atoms with Crippen LogP contribution in [0.1, 0.15) is 113 Å². The third kappa shape index (κ3) is 4.70. The monoisotopic (exact) mass is 503 g/mol. The number of esters is 1. The molecule has 0 aromatic rings. The summed E-state index contributed by atoms with van der Waals surface area (Å²) in [4.78, 5) is 28.2. The Balaban J connectivity index is 1.56. The van der Waals surface area contributed by atoms with Crippen molar-refractivity contribution in [1.82, 2.24) is 4.90 Å². The predicted octanol–water partition coefficient (Wildman–Crippen LogP) is 6.02. The van der Waals surface area contributed by atoms with E-state index in [0.29, 0.717) is 54.5 Å². The van der Waals surface area contributed by atoms with E-state index in [1.54, 1.807) is 6.92 Å². The van der Waals surface area contributed by atoms with Gasteiger partial charge in [0.1, 0.15) is 11.9 Å². The van der Waals surface area contributed by atoms with Crippen molar-refractivity contribution in [1.29, 1.82) is 0 Å². The summed E-state index contributed by atoms with van der Waals surface area (Å²) >= 11 is 0. The van der Waals surface area contributed by atoms with Crippen LogP contribution in [0.2, 0.25) is 0 Å². The number of aliphatic hydroxyl groups excluding tert-OH is 1. The van der Waals surface area contributed by atoms with Crippen LogP contribution in [0.3, 0.4) is 0 Å². The first-order valence-electron chi connectivity index (χ1n) is 15.1. The van der Waals surface area contributed by atoms with Gasteiger partial charge in [-0.15, -0.1) is 0 Å². The first-order valence-corrected chi connectivity index (χ1v) is 15.1. The van der Waals surface area contributed by atoms with Crippen molar-refractivity contribution in [3.63, 3.8) is 0 Å². The van der Waals surface area contributed by atoms with Crippen LogP contribution in [0.5, 0.6) is 0 Å². The van der Waals surface area contributed by atoms with Gasteiger partial charge in [0.05, 0.1) is 12.6 Å². The van der Waals surface area contributed by atoms with Gasteiger partial charge in [0.2, 0.25) is 0 Å². The van der Waals surface area contributed by atoms with Crippen LogP contribution < -0.4 is 0 Å². The summed E-state index contributed by atoms with van der Waals surface area (Å²) in [6.45, 7) is 15.6. The van der Waals surface area contributed by atoms with Gasteiger partial charge in [0, 0.05) is 29.8 Å². The van der Waals surface area contributed by atoms with E-state index in [0.717, 1.165) is 51.4 Å². The predicted molar refractivity (Wildman–Crippen MR) is 143 cm³/mol. The normalized spacial score (nSPS) is 43.8. The lowest BCUT2D eigenvalue weighted by atomic mass is 9.44. The largest absolute Gasteiger partial charge is 0.461 e. The van der Waals surface area contributed by atoms with E-state index in [2.05, 4.69) is 46.4 Å². The Morgan fingerprint density at radius 2 is 1.64 bits per heavy atom. The standard InChI is InChI=1S/C31H53NO4/c1-8-19(3)32(20(4)9-2)18-29(35)36-28-17-23(34)16-22-10-11-24-26-13-12-25(21(5)33)30(26,6)15-14-27(24)31(22,28)7/h19-20,22-28,34H,8-18H2,1-7H3/t19?,20?,22-,23-,24-,25+,26-,27-,28?,30+,31-/m0/s1. The number of aliphatic hydroxyl groups is 1. The number of nitrogens with zero attached hydrogens (tertiary/aromatic N) is 1. The molecule has 0 saturated heterocycles. The molecule has 4 saturated carbocycles. The molecule has 0 spiro atoms. The number of carbonyl (C=O) groups excluding carboxylic acids is 2. The highest BCUT2D eigenvalue weighted by atomic mass is 16.5. The number of fused-ring (bicyclic) bond motifs is 5. The van der Waals surface area contributed by atoms with Crippen LogP contribution in [-0.2, 0) is 14.3 Å². The lowest BCUT2D eigenvalue weighted by Crippen LogP contribution is -2.60. The molecule has 0 radical (unpaired) electrons. The maximum atomic E-state index is 13.4. The number of hydrogen-bond acceptors (Lipinski definition) is 5. The zero-order valence-electron chi connectivity index (χ0n) is 24.1. The van der Waals surface area contributed by atoms with E-state index < -0.39 is 0 Å². The van der Waals surface area contributed by atoms with E-state index in [-0.39, 0.29) is 34.9 Å². The lowest BCUT2D eigenvalue weighted by Gasteiger charge is -2.62. The molecule has 4 aliphatic carbocycles. The number of ether oxygens (including phenoxy) is 1. The Bertz CT molecular complexity index is 804. The molecule has 206 valence electrons. The number of Topliss-reactive ketones (excluding diaryl/α,β-unsaturated/α-hetero) is 1. The summed E-state index contributed by atoms with van der Waals surface area (Å²) in [5.41, 5.74) is 0.0364. The van der Waals surface area contributed by atoms with Gasteiger partial charge in [0.25, 0.3) is 0 Å². The van der Waals surface area contributed by atoms with E-state index in [9.17, 15) is 14.7 Å². The summed E-state index contributed by atoms with van der Waals surface area (Å²) in [6.07, 6.45) is 9.50. The van der Waals surface area contributed by atoms with Gasteiger partial charge >= 0.3 is 5.97 Å². The average molecular weight is 504 g/mol. The van der Waals surface area contributed by atoms with Crippen LogP contribution in [0.4, 0.5) is 0 Å². The summed E-state index contributed by atoms with van der Waals surface area (Å²) in [5.74, 6) is 2.55. The second kappa shape index (κ2) is 10.7. The second-order valence-electron chi connectivity index (χ2n) is 13.6. The molecule has 5 nitrogen and oxygen atoms in total. The fraction of sp³-hybridized carbons (Fsp3) is 0.935. The highest BCUT2D eigenvalue weighted by Crippen LogP contribution is 2.67. The van der Waals surface area contributed by atoms with Gasteiger partial charge in [-0.3, -0.25) is 14.5 Å². The third-order valence-electron chi connectivity index (χ3n) is 12.1. The summed E-state index contributed by atoms with van der Waals surface area (Å²) in [6, 6.07) is 0.666. The molecule has 4 aliphatic rings. The minimum Gasteiger partial charge on any atom is -0.461 e. The molecule has 3 unspecified atom stereocenters. The van der Waals surface area contributed by atoms with Crippen LogP contribution in [0.15, 0.2) is 0 Å². The van der Waals surface area contributed by atoms with Gasteiger partial charge in [-0.05, 0) is 108 Å². The lowest BCUT2D eigenvalue weighted by molar-refractivity contribution is -0.203. The topological polar surface area (TPSA) is 66.8 Å². The van der Waals surface area contributed by atoms with E-state index in [1.807, 2.05) is 0 Å². The van der Waals surface area contributed by atoms with Crippen molar-refractivity contribution in [2.24, 2.45) is 40.4 Å². The Labute approximate surface area is 220 Å². The van der Waals surface area contributed by atoms with Crippen molar-refractivity contribution < 1.29 is 19.4 Å². The zero-order valence-corrected chi connectivity index (χ0v) is 24.1. The fourth-order valence-corrected chi connectivity index (χ4v) is 9.67. The molecule has 0 bridgehead atoms. The second-order valence-corrected chi connectivity index (χ2v) is 13.6. The van der Waals surface area contributed by atoms with Gasteiger partial charge in [-0.25, -0.2) is 0 Å². The first kappa shape index (κ1) is 28.1. The average Bonchev–Trinajstić information content (AvgIpc) is 3.20. The number of ketones is 1. The van der Waals surface area contributed by atoms with Crippen molar-refractivity contribution in [2.45, 2.75) is 137 Å². The first-order chi connectivity index (χ1) is 17.0. The number of carbonyl (C=O) groups is 2. The Morgan fingerprint density at radius 3 is 2.25 bits per heavy atom.